The lowest BCUT2D eigenvalue weighted by Gasteiger charge is -2.22. The van der Waals surface area contributed by atoms with Crippen LogP contribution in [0.2, 0.25) is 10.0 Å². The van der Waals surface area contributed by atoms with Gasteiger partial charge < -0.3 is 9.64 Å². The van der Waals surface area contributed by atoms with Crippen LogP contribution in [0.3, 0.4) is 0 Å². The molecule has 0 aliphatic rings. The number of rotatable bonds is 5. The molecule has 0 bridgehead atoms. The second-order valence-electron chi connectivity index (χ2n) is 3.80. The van der Waals surface area contributed by atoms with Crippen LogP contribution in [0.25, 0.3) is 0 Å². The summed E-state index contributed by atoms with van der Waals surface area (Å²) >= 11 is 13.5. The van der Waals surface area contributed by atoms with Crippen molar-refractivity contribution in [3.63, 3.8) is 0 Å². The van der Waals surface area contributed by atoms with Gasteiger partial charge >= 0.3 is 5.97 Å². The van der Waals surface area contributed by atoms with Crippen LogP contribution in [0.4, 0.5) is 10.8 Å². The molecule has 0 spiro atoms. The van der Waals surface area contributed by atoms with Crippen LogP contribution in [0.5, 0.6) is 0 Å². The third-order valence-electron chi connectivity index (χ3n) is 2.44. The van der Waals surface area contributed by atoms with Gasteiger partial charge in [0.05, 0.1) is 17.3 Å². The van der Waals surface area contributed by atoms with Gasteiger partial charge in [0.25, 0.3) is 0 Å². The molecule has 0 aliphatic carbocycles. The van der Waals surface area contributed by atoms with E-state index in [1.54, 1.807) is 36.2 Å². The molecule has 0 fully saturated rings. The van der Waals surface area contributed by atoms with Crippen LogP contribution in [0.15, 0.2) is 29.8 Å². The standard InChI is InChI=1S/C13H12Cl2N2O2S/c1-2-19-12(18)8-17(13-16-5-6-20-13)11-4-3-9(14)7-10(11)15/h3-7H,2,8H2,1H3. The van der Waals surface area contributed by atoms with Crippen molar-refractivity contribution < 1.29 is 9.53 Å². The molecule has 0 amide bonds. The largest absolute Gasteiger partial charge is 0.465 e. The normalized spacial score (nSPS) is 10.3. The number of anilines is 2. The number of nitrogens with zero attached hydrogens (tertiary/aromatic N) is 2. The predicted octanol–water partition coefficient (Wildman–Crippen LogP) is 4.15. The van der Waals surface area contributed by atoms with Crippen molar-refractivity contribution in [1.29, 1.82) is 0 Å². The maximum atomic E-state index is 11.7. The van der Waals surface area contributed by atoms with Gasteiger partial charge in [-0.3, -0.25) is 4.79 Å². The summed E-state index contributed by atoms with van der Waals surface area (Å²) in [5, 5.41) is 3.49. The lowest BCUT2D eigenvalue weighted by Crippen LogP contribution is -2.27. The van der Waals surface area contributed by atoms with Gasteiger partial charge in [-0.05, 0) is 25.1 Å². The van der Waals surface area contributed by atoms with Gasteiger partial charge in [0.1, 0.15) is 6.54 Å². The maximum absolute atomic E-state index is 11.7. The Morgan fingerprint density at radius 2 is 2.25 bits per heavy atom. The van der Waals surface area contributed by atoms with Gasteiger partial charge in [-0.2, -0.15) is 0 Å². The molecular weight excluding hydrogens is 319 g/mol. The minimum atomic E-state index is -0.339. The SMILES string of the molecule is CCOC(=O)CN(c1nccs1)c1ccc(Cl)cc1Cl. The molecular formula is C13H12Cl2N2O2S. The van der Waals surface area contributed by atoms with E-state index >= 15 is 0 Å². The molecule has 0 unspecified atom stereocenters. The van der Waals surface area contributed by atoms with Crippen LogP contribution < -0.4 is 4.90 Å². The molecule has 1 heterocycles. The average molecular weight is 331 g/mol. The topological polar surface area (TPSA) is 42.4 Å². The second kappa shape index (κ2) is 6.92. The summed E-state index contributed by atoms with van der Waals surface area (Å²) in [6, 6.07) is 5.10. The fourth-order valence-corrected chi connectivity index (χ4v) is 2.81. The number of ether oxygens (including phenoxy) is 1. The number of aromatic nitrogens is 1. The number of carbonyl (C=O) groups excluding carboxylic acids is 1. The first-order valence-electron chi connectivity index (χ1n) is 5.89. The third-order valence-corrected chi connectivity index (χ3v) is 3.78. The number of carbonyl (C=O) groups is 1. The Hall–Kier alpha value is -1.30. The van der Waals surface area contributed by atoms with E-state index in [0.717, 1.165) is 0 Å². The number of esters is 1. The lowest BCUT2D eigenvalue weighted by atomic mass is 10.3. The molecule has 2 aromatic rings. The number of halogens is 2. The first kappa shape index (κ1) is 15.1. The van der Waals surface area contributed by atoms with Crippen LogP contribution in [0.1, 0.15) is 6.92 Å². The molecule has 2 rings (SSSR count). The quantitative estimate of drug-likeness (QED) is 0.772. The zero-order chi connectivity index (χ0) is 14.5. The van der Waals surface area contributed by atoms with E-state index < -0.39 is 0 Å². The maximum Gasteiger partial charge on any atom is 0.326 e. The smallest absolute Gasteiger partial charge is 0.326 e. The Bertz CT molecular complexity index is 590. The second-order valence-corrected chi connectivity index (χ2v) is 5.52. The Labute approximate surface area is 130 Å². The first-order valence-corrected chi connectivity index (χ1v) is 7.53. The zero-order valence-corrected chi connectivity index (χ0v) is 13.0. The number of hydrogen-bond donors (Lipinski definition) is 0. The van der Waals surface area contributed by atoms with Crippen LogP contribution in [0, 0.1) is 0 Å². The molecule has 20 heavy (non-hydrogen) atoms. The monoisotopic (exact) mass is 330 g/mol. The van der Waals surface area contributed by atoms with Crippen LogP contribution in [-0.2, 0) is 9.53 Å². The Kier molecular flexibility index (Phi) is 5.23. The minimum absolute atomic E-state index is 0.0444. The van der Waals surface area contributed by atoms with Gasteiger partial charge in [-0.1, -0.05) is 23.2 Å². The third kappa shape index (κ3) is 3.62. The molecule has 0 saturated heterocycles. The minimum Gasteiger partial charge on any atom is -0.465 e. The summed E-state index contributed by atoms with van der Waals surface area (Å²) < 4.78 is 4.98. The Balaban J connectivity index is 2.33. The highest BCUT2D eigenvalue weighted by Crippen LogP contribution is 2.34. The van der Waals surface area contributed by atoms with E-state index in [1.807, 2.05) is 5.38 Å². The van der Waals surface area contributed by atoms with Crippen LogP contribution in [-0.4, -0.2) is 24.1 Å². The highest BCUT2D eigenvalue weighted by atomic mass is 35.5. The van der Waals surface area contributed by atoms with Gasteiger partial charge in [0, 0.05) is 16.6 Å². The van der Waals surface area contributed by atoms with Crippen molar-refractivity contribution in [2.45, 2.75) is 6.92 Å². The fourth-order valence-electron chi connectivity index (χ4n) is 1.64. The molecule has 7 heteroatoms. The highest BCUT2D eigenvalue weighted by molar-refractivity contribution is 7.13. The van der Waals surface area contributed by atoms with Crippen molar-refractivity contribution >= 4 is 51.3 Å². The molecule has 0 atom stereocenters. The zero-order valence-electron chi connectivity index (χ0n) is 10.7. The van der Waals surface area contributed by atoms with Gasteiger partial charge in [-0.15, -0.1) is 11.3 Å². The van der Waals surface area contributed by atoms with E-state index in [9.17, 15) is 4.79 Å². The Morgan fingerprint density at radius 3 is 2.85 bits per heavy atom. The van der Waals surface area contributed by atoms with Crippen molar-refractivity contribution in [1.82, 2.24) is 4.98 Å². The Morgan fingerprint density at radius 1 is 1.45 bits per heavy atom. The van der Waals surface area contributed by atoms with E-state index in [2.05, 4.69) is 4.98 Å². The van der Waals surface area contributed by atoms with Crippen molar-refractivity contribution in [3.05, 3.63) is 39.8 Å². The number of thiazole rings is 1. The van der Waals surface area contributed by atoms with Crippen molar-refractivity contribution in [3.8, 4) is 0 Å². The molecule has 0 aliphatic heterocycles. The van der Waals surface area contributed by atoms with E-state index in [1.165, 1.54) is 11.3 Å². The summed E-state index contributed by atoms with van der Waals surface area (Å²) in [6.07, 6.45) is 1.67. The highest BCUT2D eigenvalue weighted by Gasteiger charge is 2.19. The molecule has 0 saturated carbocycles. The fraction of sp³-hybridized carbons (Fsp3) is 0.231. The summed E-state index contributed by atoms with van der Waals surface area (Å²) in [4.78, 5) is 17.7. The molecule has 4 nitrogen and oxygen atoms in total. The van der Waals surface area contributed by atoms with Crippen molar-refractivity contribution in [2.75, 3.05) is 18.1 Å². The average Bonchev–Trinajstić information content (AvgIpc) is 2.90. The van der Waals surface area contributed by atoms with E-state index in [-0.39, 0.29) is 12.5 Å². The number of hydrogen-bond acceptors (Lipinski definition) is 5. The van der Waals surface area contributed by atoms with Gasteiger partial charge in [0.2, 0.25) is 0 Å². The van der Waals surface area contributed by atoms with Crippen LogP contribution >= 0.6 is 34.5 Å². The van der Waals surface area contributed by atoms with Crippen molar-refractivity contribution in [2.24, 2.45) is 0 Å². The predicted molar refractivity (Wildman–Crippen MR) is 82.2 cm³/mol. The van der Waals surface area contributed by atoms with E-state index in [4.69, 9.17) is 27.9 Å². The van der Waals surface area contributed by atoms with Gasteiger partial charge in [-0.25, -0.2) is 4.98 Å². The summed E-state index contributed by atoms with van der Waals surface area (Å²) in [5.41, 5.74) is 0.666. The number of benzene rings is 1. The molecule has 106 valence electrons. The van der Waals surface area contributed by atoms with E-state index in [0.29, 0.717) is 27.5 Å². The summed E-state index contributed by atoms with van der Waals surface area (Å²) in [5.74, 6) is -0.339. The first-order chi connectivity index (χ1) is 9.61. The molecule has 0 N–H and O–H groups in total. The summed E-state index contributed by atoms with van der Waals surface area (Å²) in [7, 11) is 0. The van der Waals surface area contributed by atoms with Gasteiger partial charge in [0.15, 0.2) is 5.13 Å². The molecule has 1 aromatic heterocycles. The molecule has 1 aromatic carbocycles. The summed E-state index contributed by atoms with van der Waals surface area (Å²) in [6.45, 7) is 2.14. The molecule has 0 radical (unpaired) electrons. The lowest BCUT2D eigenvalue weighted by molar-refractivity contribution is -0.141.